The number of ether oxygens (including phenoxy) is 1. The van der Waals surface area contributed by atoms with Gasteiger partial charge in [0, 0.05) is 23.6 Å². The number of Topliss-reactive ketones (excluding diaryl/α,β-unsaturated/α-hetero) is 1. The lowest BCUT2D eigenvalue weighted by molar-refractivity contribution is 0.0996. The van der Waals surface area contributed by atoms with Gasteiger partial charge in [0.05, 0.1) is 17.6 Å². The van der Waals surface area contributed by atoms with E-state index in [1.807, 2.05) is 0 Å². The van der Waals surface area contributed by atoms with Gasteiger partial charge in [-0.1, -0.05) is 11.6 Å². The minimum Gasteiger partial charge on any atom is -0.497 e. The Morgan fingerprint density at radius 1 is 1.53 bits per heavy atom. The number of pyridine rings is 1. The smallest absolute Gasteiger partial charge is 0.165 e. The Morgan fingerprint density at radius 2 is 2.29 bits per heavy atom. The number of carbonyl (C=O) groups excluding carboxylic acids is 1. The topological polar surface area (TPSA) is 39.2 Å². The lowest BCUT2D eigenvalue weighted by atomic mass is 10.0. The number of nitrogens with zero attached hydrogens (tertiary/aromatic N) is 1. The zero-order valence-corrected chi connectivity index (χ0v) is 10.1. The van der Waals surface area contributed by atoms with Crippen LogP contribution in [0.15, 0.2) is 24.4 Å². The highest BCUT2D eigenvalue weighted by molar-refractivity contribution is 6.35. The van der Waals surface area contributed by atoms with Crippen LogP contribution in [0.1, 0.15) is 16.8 Å². The van der Waals surface area contributed by atoms with Gasteiger partial charge in [0.25, 0.3) is 0 Å². The molecule has 0 spiro atoms. The van der Waals surface area contributed by atoms with Crippen molar-refractivity contribution in [1.82, 2.24) is 4.98 Å². The average molecular weight is 249 g/mol. The van der Waals surface area contributed by atoms with E-state index < -0.39 is 0 Å². The molecular weight excluding hydrogens is 238 g/mol. The van der Waals surface area contributed by atoms with Gasteiger partial charge in [-0.3, -0.25) is 9.78 Å². The average Bonchev–Trinajstić information content (AvgIpc) is 2.37. The first kappa shape index (κ1) is 11.9. The van der Waals surface area contributed by atoms with Crippen molar-refractivity contribution in [2.45, 2.75) is 6.42 Å². The molecule has 0 N–H and O–H groups in total. The number of halogens is 1. The van der Waals surface area contributed by atoms with Crippen molar-refractivity contribution in [3.05, 3.63) is 41.9 Å². The molecule has 1 heterocycles. The molecule has 17 heavy (non-hydrogen) atoms. The van der Waals surface area contributed by atoms with Gasteiger partial charge in [0.1, 0.15) is 5.75 Å². The SMILES string of the molecule is [CH2]CC(=O)c1c(Cl)cnc2ccc(OC)cc12. The molecule has 0 aliphatic heterocycles. The molecule has 0 amide bonds. The second-order valence-corrected chi connectivity index (χ2v) is 3.94. The lowest BCUT2D eigenvalue weighted by Crippen LogP contribution is -2.00. The summed E-state index contributed by atoms with van der Waals surface area (Å²) >= 11 is 6.02. The predicted molar refractivity (Wildman–Crippen MR) is 67.6 cm³/mol. The summed E-state index contributed by atoms with van der Waals surface area (Å²) in [6.07, 6.45) is 1.65. The monoisotopic (exact) mass is 248 g/mol. The number of methoxy groups -OCH3 is 1. The number of benzene rings is 1. The highest BCUT2D eigenvalue weighted by Crippen LogP contribution is 2.28. The van der Waals surface area contributed by atoms with E-state index in [0.717, 1.165) is 0 Å². The Labute approximate surface area is 104 Å². The van der Waals surface area contributed by atoms with Crippen molar-refractivity contribution in [3.63, 3.8) is 0 Å². The first-order valence-corrected chi connectivity index (χ1v) is 5.50. The third-order valence-electron chi connectivity index (χ3n) is 2.53. The maximum Gasteiger partial charge on any atom is 0.165 e. The van der Waals surface area contributed by atoms with E-state index in [0.29, 0.717) is 27.2 Å². The van der Waals surface area contributed by atoms with Gasteiger partial charge >= 0.3 is 0 Å². The Hall–Kier alpha value is -1.61. The van der Waals surface area contributed by atoms with Crippen LogP contribution >= 0.6 is 11.6 Å². The van der Waals surface area contributed by atoms with Crippen LogP contribution in [-0.2, 0) is 0 Å². The van der Waals surface area contributed by atoms with Crippen LogP contribution in [0.3, 0.4) is 0 Å². The summed E-state index contributed by atoms with van der Waals surface area (Å²) in [6.45, 7) is 3.59. The lowest BCUT2D eigenvalue weighted by Gasteiger charge is -2.08. The number of carbonyl (C=O) groups is 1. The molecule has 0 fully saturated rings. The summed E-state index contributed by atoms with van der Waals surface area (Å²) in [5.41, 5.74) is 1.18. The molecular formula is C13H11ClNO2. The molecule has 0 saturated carbocycles. The fourth-order valence-electron chi connectivity index (χ4n) is 1.68. The van der Waals surface area contributed by atoms with Gasteiger partial charge in [0.15, 0.2) is 5.78 Å². The second-order valence-electron chi connectivity index (χ2n) is 3.54. The fraction of sp³-hybridized carbons (Fsp3) is 0.154. The van der Waals surface area contributed by atoms with Crippen LogP contribution in [0, 0.1) is 6.92 Å². The molecule has 1 radical (unpaired) electrons. The number of fused-ring (bicyclic) bond motifs is 1. The Kier molecular flexibility index (Phi) is 3.29. The van der Waals surface area contributed by atoms with Crippen LogP contribution in [0.2, 0.25) is 5.02 Å². The first-order chi connectivity index (χ1) is 8.17. The van der Waals surface area contributed by atoms with Crippen molar-refractivity contribution in [2.75, 3.05) is 7.11 Å². The van der Waals surface area contributed by atoms with Gasteiger partial charge in [-0.05, 0) is 25.1 Å². The molecule has 1 aromatic carbocycles. The summed E-state index contributed by atoms with van der Waals surface area (Å²) in [4.78, 5) is 16.0. The van der Waals surface area contributed by atoms with Gasteiger partial charge in [-0.25, -0.2) is 0 Å². The molecule has 0 aliphatic carbocycles. The maximum absolute atomic E-state index is 11.8. The van der Waals surface area contributed by atoms with E-state index >= 15 is 0 Å². The van der Waals surface area contributed by atoms with Crippen LogP contribution in [0.5, 0.6) is 5.75 Å². The number of ketones is 1. The standard InChI is InChI=1S/C13H11ClNO2/c1-3-12(16)13-9-6-8(17-2)4-5-11(9)15-7-10(13)14/h4-7H,1,3H2,2H3. The summed E-state index contributed by atoms with van der Waals surface area (Å²) in [7, 11) is 1.57. The third-order valence-corrected chi connectivity index (χ3v) is 2.82. The molecule has 4 heteroatoms. The molecule has 0 saturated heterocycles. The van der Waals surface area contributed by atoms with Crippen molar-refractivity contribution in [1.29, 1.82) is 0 Å². The van der Waals surface area contributed by atoms with E-state index in [9.17, 15) is 4.79 Å². The van der Waals surface area contributed by atoms with Crippen LogP contribution in [-0.4, -0.2) is 17.9 Å². The van der Waals surface area contributed by atoms with E-state index in [1.54, 1.807) is 25.3 Å². The van der Waals surface area contributed by atoms with Crippen molar-refractivity contribution in [2.24, 2.45) is 0 Å². The molecule has 3 nitrogen and oxygen atoms in total. The van der Waals surface area contributed by atoms with Crippen LogP contribution in [0.25, 0.3) is 10.9 Å². The van der Waals surface area contributed by atoms with Gasteiger partial charge in [-0.15, -0.1) is 0 Å². The normalized spacial score (nSPS) is 10.5. The molecule has 1 aromatic heterocycles. The number of rotatable bonds is 3. The predicted octanol–water partition coefficient (Wildman–Crippen LogP) is 3.30. The van der Waals surface area contributed by atoms with Gasteiger partial charge in [-0.2, -0.15) is 0 Å². The summed E-state index contributed by atoms with van der Waals surface area (Å²) < 4.78 is 5.13. The molecule has 2 rings (SSSR count). The summed E-state index contributed by atoms with van der Waals surface area (Å²) in [5.74, 6) is 0.565. The van der Waals surface area contributed by atoms with Crippen LogP contribution in [0.4, 0.5) is 0 Å². The largest absolute Gasteiger partial charge is 0.497 e. The van der Waals surface area contributed by atoms with E-state index in [4.69, 9.17) is 16.3 Å². The Morgan fingerprint density at radius 3 is 2.94 bits per heavy atom. The van der Waals surface area contributed by atoms with E-state index in [2.05, 4.69) is 11.9 Å². The maximum atomic E-state index is 11.8. The molecule has 0 atom stereocenters. The zero-order valence-electron chi connectivity index (χ0n) is 9.37. The van der Waals surface area contributed by atoms with Crippen LogP contribution < -0.4 is 4.74 Å². The van der Waals surface area contributed by atoms with E-state index in [-0.39, 0.29) is 12.2 Å². The minimum absolute atomic E-state index is 0.101. The molecule has 87 valence electrons. The van der Waals surface area contributed by atoms with Gasteiger partial charge in [0.2, 0.25) is 0 Å². The fourth-order valence-corrected chi connectivity index (χ4v) is 1.94. The second kappa shape index (κ2) is 4.72. The minimum atomic E-state index is -0.101. The zero-order chi connectivity index (χ0) is 12.4. The Bertz CT molecular complexity index is 581. The van der Waals surface area contributed by atoms with Crippen molar-refractivity contribution < 1.29 is 9.53 Å². The Balaban J connectivity index is 2.77. The molecule has 0 bridgehead atoms. The first-order valence-electron chi connectivity index (χ1n) is 5.12. The van der Waals surface area contributed by atoms with Crippen molar-refractivity contribution >= 4 is 28.3 Å². The summed E-state index contributed by atoms with van der Waals surface area (Å²) in [5, 5.41) is 1.05. The molecule has 0 aliphatic rings. The van der Waals surface area contributed by atoms with Gasteiger partial charge < -0.3 is 4.74 Å². The molecule has 0 unspecified atom stereocenters. The highest BCUT2D eigenvalue weighted by atomic mass is 35.5. The number of hydrogen-bond donors (Lipinski definition) is 0. The number of hydrogen-bond acceptors (Lipinski definition) is 3. The van der Waals surface area contributed by atoms with Crippen molar-refractivity contribution in [3.8, 4) is 5.75 Å². The van der Waals surface area contributed by atoms with E-state index in [1.165, 1.54) is 6.20 Å². The molecule has 2 aromatic rings. The summed E-state index contributed by atoms with van der Waals surface area (Å²) in [6, 6.07) is 5.35. The third kappa shape index (κ3) is 2.11. The highest BCUT2D eigenvalue weighted by Gasteiger charge is 2.14. The number of aromatic nitrogens is 1. The quantitative estimate of drug-likeness (QED) is 0.783.